The molecule has 0 radical (unpaired) electrons. The zero-order chi connectivity index (χ0) is 24.1. The molecule has 2 N–H and O–H groups in total. The molecule has 3 fully saturated rings. The van der Waals surface area contributed by atoms with E-state index in [4.69, 9.17) is 4.74 Å². The van der Waals surface area contributed by atoms with E-state index in [0.29, 0.717) is 23.5 Å². The lowest BCUT2D eigenvalue weighted by Crippen LogP contribution is -2.66. The number of fused-ring (bicyclic) bond motifs is 3. The van der Waals surface area contributed by atoms with Crippen molar-refractivity contribution >= 4 is 23.3 Å². The van der Waals surface area contributed by atoms with Crippen LogP contribution in [0.25, 0.3) is 0 Å². The first-order chi connectivity index (χ1) is 17.1. The number of hydrogen-bond acceptors (Lipinski definition) is 4. The molecule has 1 amide bonds. The lowest BCUT2D eigenvalue weighted by atomic mass is 9.83. The predicted octanol–water partition coefficient (Wildman–Crippen LogP) is 5.27. The smallest absolute Gasteiger partial charge is 0.333 e. The molecule has 0 saturated carbocycles. The van der Waals surface area contributed by atoms with E-state index in [1.165, 1.54) is 0 Å². The van der Waals surface area contributed by atoms with Crippen LogP contribution < -0.4 is 10.6 Å². The summed E-state index contributed by atoms with van der Waals surface area (Å²) in [4.78, 5) is 26.3. The monoisotopic (exact) mass is 486 g/mol. The molecule has 6 heteroatoms. The fourth-order valence-corrected chi connectivity index (χ4v) is 5.45. The number of anilines is 2. The molecule has 36 heavy (non-hydrogen) atoms. The van der Waals surface area contributed by atoms with Gasteiger partial charge >= 0.3 is 5.97 Å². The van der Waals surface area contributed by atoms with Crippen molar-refractivity contribution < 1.29 is 18.8 Å². The highest BCUT2D eigenvalue weighted by Gasteiger charge is 2.49. The van der Waals surface area contributed by atoms with E-state index in [9.17, 15) is 9.59 Å². The van der Waals surface area contributed by atoms with Crippen LogP contribution >= 0.6 is 0 Å². The maximum Gasteiger partial charge on any atom is 0.333 e. The SMILES string of the molecule is C.O=C(C[N+]12CCC(CC1)[C@@H](OC(=O)[C@H](Nc1ccccc1)c1ccccc1)C2)Nc1ccccc1. The first-order valence-electron chi connectivity index (χ1n) is 12.4. The Bertz CT molecular complexity index is 1130. The Kier molecular flexibility index (Phi) is 8.06. The van der Waals surface area contributed by atoms with E-state index in [-0.39, 0.29) is 25.4 Å². The van der Waals surface area contributed by atoms with E-state index in [0.717, 1.165) is 42.9 Å². The van der Waals surface area contributed by atoms with E-state index in [1.807, 2.05) is 91.0 Å². The van der Waals surface area contributed by atoms with Crippen LogP contribution in [0.4, 0.5) is 11.4 Å². The normalized spacial score (nSPS) is 23.1. The summed E-state index contributed by atoms with van der Waals surface area (Å²) >= 11 is 0. The zero-order valence-electron chi connectivity index (χ0n) is 19.8. The molecule has 6 nitrogen and oxygen atoms in total. The number of nitrogens with zero attached hydrogens (tertiary/aromatic N) is 1. The minimum absolute atomic E-state index is 0. The van der Waals surface area contributed by atoms with Crippen LogP contribution in [-0.2, 0) is 14.3 Å². The molecule has 3 aromatic rings. The first kappa shape index (κ1) is 25.5. The molecule has 3 aliphatic rings. The fraction of sp³-hybridized carbons (Fsp3) is 0.333. The summed E-state index contributed by atoms with van der Waals surface area (Å²) in [6.07, 6.45) is 1.76. The molecule has 6 rings (SSSR count). The van der Waals surface area contributed by atoms with Crippen LogP contribution in [0.5, 0.6) is 0 Å². The quantitative estimate of drug-likeness (QED) is 0.336. The summed E-state index contributed by atoms with van der Waals surface area (Å²) in [6, 6.07) is 28.4. The van der Waals surface area contributed by atoms with Gasteiger partial charge in [0.2, 0.25) is 0 Å². The summed E-state index contributed by atoms with van der Waals surface area (Å²) in [6.45, 7) is 2.99. The van der Waals surface area contributed by atoms with Crippen LogP contribution in [0.2, 0.25) is 0 Å². The van der Waals surface area contributed by atoms with Gasteiger partial charge in [0.25, 0.3) is 5.91 Å². The maximum absolute atomic E-state index is 13.5. The molecule has 0 unspecified atom stereocenters. The largest absolute Gasteiger partial charge is 0.454 e. The molecular formula is C30H36N3O3+. The highest BCUT2D eigenvalue weighted by atomic mass is 16.5. The van der Waals surface area contributed by atoms with Gasteiger partial charge in [0.05, 0.1) is 13.1 Å². The van der Waals surface area contributed by atoms with E-state index >= 15 is 0 Å². The number of hydrogen-bond donors (Lipinski definition) is 2. The number of para-hydroxylation sites is 2. The van der Waals surface area contributed by atoms with Crippen LogP contribution in [0, 0.1) is 5.92 Å². The first-order valence-corrected chi connectivity index (χ1v) is 12.4. The molecule has 0 spiro atoms. The lowest BCUT2D eigenvalue weighted by molar-refractivity contribution is -0.938. The molecule has 2 bridgehead atoms. The fourth-order valence-electron chi connectivity index (χ4n) is 5.45. The Balaban J connectivity index is 0.00000304. The zero-order valence-corrected chi connectivity index (χ0v) is 19.8. The second-order valence-electron chi connectivity index (χ2n) is 9.71. The highest BCUT2D eigenvalue weighted by Crippen LogP contribution is 2.36. The average Bonchev–Trinajstić information content (AvgIpc) is 2.89. The van der Waals surface area contributed by atoms with E-state index < -0.39 is 6.04 Å². The third-order valence-corrected chi connectivity index (χ3v) is 7.30. The van der Waals surface area contributed by atoms with Gasteiger partial charge in [-0.3, -0.25) is 4.79 Å². The number of amides is 1. The van der Waals surface area contributed by atoms with Crippen molar-refractivity contribution in [1.82, 2.24) is 0 Å². The Morgan fingerprint density at radius 2 is 1.39 bits per heavy atom. The number of nitrogens with one attached hydrogen (secondary N) is 2. The Morgan fingerprint density at radius 1 is 0.833 bits per heavy atom. The summed E-state index contributed by atoms with van der Waals surface area (Å²) in [5, 5.41) is 6.37. The lowest BCUT2D eigenvalue weighted by Gasteiger charge is -2.51. The third-order valence-electron chi connectivity index (χ3n) is 7.30. The maximum atomic E-state index is 13.5. The topological polar surface area (TPSA) is 67.4 Å². The summed E-state index contributed by atoms with van der Waals surface area (Å²) in [5.74, 6) is 0.0875. The van der Waals surface area contributed by atoms with Crippen molar-refractivity contribution in [2.45, 2.75) is 32.4 Å². The number of quaternary nitrogens is 1. The van der Waals surface area contributed by atoms with Gasteiger partial charge in [-0.1, -0.05) is 74.2 Å². The predicted molar refractivity (Wildman–Crippen MR) is 143 cm³/mol. The van der Waals surface area contributed by atoms with E-state index in [2.05, 4.69) is 10.6 Å². The van der Waals surface area contributed by atoms with Gasteiger partial charge in [-0.05, 0) is 29.8 Å². The Hall–Kier alpha value is -3.64. The average molecular weight is 487 g/mol. The van der Waals surface area contributed by atoms with Gasteiger partial charge in [0.1, 0.15) is 6.54 Å². The van der Waals surface area contributed by atoms with Crippen molar-refractivity contribution in [1.29, 1.82) is 0 Å². The van der Waals surface area contributed by atoms with Gasteiger partial charge in [0.15, 0.2) is 18.7 Å². The van der Waals surface area contributed by atoms with Crippen LogP contribution in [0.15, 0.2) is 91.0 Å². The van der Waals surface area contributed by atoms with Crippen molar-refractivity contribution in [3.05, 3.63) is 96.6 Å². The minimum atomic E-state index is -0.594. The minimum Gasteiger partial charge on any atom is -0.454 e. The number of piperidine rings is 3. The van der Waals surface area contributed by atoms with Crippen molar-refractivity contribution in [3.63, 3.8) is 0 Å². The number of rotatable bonds is 8. The molecule has 3 aliphatic heterocycles. The van der Waals surface area contributed by atoms with Crippen LogP contribution in [0.3, 0.4) is 0 Å². The van der Waals surface area contributed by atoms with Crippen molar-refractivity contribution in [2.75, 3.05) is 36.8 Å². The van der Waals surface area contributed by atoms with Gasteiger partial charge in [-0.2, -0.15) is 0 Å². The molecular weight excluding hydrogens is 450 g/mol. The molecule has 3 aromatic carbocycles. The van der Waals surface area contributed by atoms with Gasteiger partial charge < -0.3 is 19.9 Å². The second kappa shape index (κ2) is 11.4. The summed E-state index contributed by atoms with van der Waals surface area (Å²) in [7, 11) is 0. The standard InChI is InChI=1S/C29H31N3O3.CH4/c33-27(30-24-12-6-2-7-13-24)21-32-18-16-22(17-19-32)26(20-32)35-29(34)28(23-10-4-1-5-11-23)31-25-14-8-3-9-15-25;/h1-15,22,26,28,31H,16-21H2;1H4/p+1/t22?,26-,28+,32?;/m0./s1. The molecule has 3 heterocycles. The summed E-state index contributed by atoms with van der Waals surface area (Å²) in [5.41, 5.74) is 2.55. The van der Waals surface area contributed by atoms with E-state index in [1.54, 1.807) is 0 Å². The number of carbonyl (C=O) groups is 2. The molecule has 0 aromatic heterocycles. The molecule has 3 saturated heterocycles. The summed E-state index contributed by atoms with van der Waals surface area (Å²) < 4.78 is 6.87. The number of ether oxygens (including phenoxy) is 1. The third kappa shape index (κ3) is 5.94. The number of benzene rings is 3. The molecule has 0 aliphatic carbocycles. The second-order valence-corrected chi connectivity index (χ2v) is 9.71. The Morgan fingerprint density at radius 3 is 2.00 bits per heavy atom. The van der Waals surface area contributed by atoms with Crippen molar-refractivity contribution in [2.24, 2.45) is 5.92 Å². The highest BCUT2D eigenvalue weighted by molar-refractivity contribution is 5.91. The molecule has 2 atom stereocenters. The van der Waals surface area contributed by atoms with Crippen molar-refractivity contribution in [3.8, 4) is 0 Å². The molecule has 188 valence electrons. The van der Waals surface area contributed by atoms with Crippen LogP contribution in [-0.4, -0.2) is 48.6 Å². The Labute approximate surface area is 213 Å². The number of carbonyl (C=O) groups excluding carboxylic acids is 2. The van der Waals surface area contributed by atoms with Gasteiger partial charge in [-0.15, -0.1) is 0 Å². The van der Waals surface area contributed by atoms with Gasteiger partial charge in [-0.25, -0.2) is 4.79 Å². The number of esters is 1. The van der Waals surface area contributed by atoms with Crippen LogP contribution in [0.1, 0.15) is 31.9 Å². The van der Waals surface area contributed by atoms with Gasteiger partial charge in [0, 0.05) is 30.1 Å².